The number of aliphatic hydroxyl groups is 1. The predicted molar refractivity (Wildman–Crippen MR) is 99.1 cm³/mol. The Balaban J connectivity index is 1.51. The van der Waals surface area contributed by atoms with Gasteiger partial charge in [-0.25, -0.2) is 0 Å². The smallest absolute Gasteiger partial charge is 0.239 e. The Hall–Kier alpha value is -2.38. The number of piperidine rings is 1. The quantitative estimate of drug-likeness (QED) is 0.819. The Morgan fingerprint density at radius 1 is 1.42 bits per heavy atom. The number of rotatable bonds is 6. The van der Waals surface area contributed by atoms with Gasteiger partial charge in [0, 0.05) is 25.9 Å². The molecule has 1 aromatic carbocycles. The zero-order chi connectivity index (χ0) is 18.6. The summed E-state index contributed by atoms with van der Waals surface area (Å²) in [6.45, 7) is 3.64. The summed E-state index contributed by atoms with van der Waals surface area (Å²) in [6.07, 6.45) is 3.26. The van der Waals surface area contributed by atoms with E-state index in [1.54, 1.807) is 24.0 Å². The van der Waals surface area contributed by atoms with Crippen molar-refractivity contribution in [1.82, 2.24) is 14.7 Å². The van der Waals surface area contributed by atoms with Crippen LogP contribution in [0.25, 0.3) is 0 Å². The molecule has 1 aliphatic heterocycles. The number of anilines is 1. The van der Waals surface area contributed by atoms with Crippen LogP contribution < -0.4 is 10.1 Å². The number of nitrogens with zero attached hydrogens (tertiary/aromatic N) is 3. The van der Waals surface area contributed by atoms with Gasteiger partial charge in [-0.05, 0) is 44.0 Å². The molecular formula is C19H26N4O3. The van der Waals surface area contributed by atoms with E-state index in [1.165, 1.54) is 0 Å². The fourth-order valence-corrected chi connectivity index (χ4v) is 3.25. The second kappa shape index (κ2) is 7.88. The minimum atomic E-state index is -0.951. The largest absolute Gasteiger partial charge is 0.491 e. The molecule has 0 aliphatic carbocycles. The van der Waals surface area contributed by atoms with E-state index in [-0.39, 0.29) is 19.1 Å². The average Bonchev–Trinajstić information content (AvgIpc) is 2.98. The van der Waals surface area contributed by atoms with Crippen LogP contribution >= 0.6 is 0 Å². The highest BCUT2D eigenvalue weighted by Gasteiger charge is 2.34. The van der Waals surface area contributed by atoms with Crippen LogP contribution in [0.15, 0.2) is 36.5 Å². The van der Waals surface area contributed by atoms with Crippen molar-refractivity contribution in [3.63, 3.8) is 0 Å². The first-order chi connectivity index (χ1) is 12.4. The van der Waals surface area contributed by atoms with Gasteiger partial charge in [-0.1, -0.05) is 12.1 Å². The van der Waals surface area contributed by atoms with Gasteiger partial charge >= 0.3 is 0 Å². The molecule has 0 radical (unpaired) electrons. The van der Waals surface area contributed by atoms with Crippen molar-refractivity contribution >= 4 is 11.7 Å². The Bertz CT molecular complexity index is 761. The molecule has 1 amide bonds. The van der Waals surface area contributed by atoms with Crippen molar-refractivity contribution in [1.29, 1.82) is 0 Å². The number of amides is 1. The number of nitrogens with one attached hydrogen (secondary N) is 1. The summed E-state index contributed by atoms with van der Waals surface area (Å²) in [5.74, 6) is 1.16. The van der Waals surface area contributed by atoms with Gasteiger partial charge in [-0.15, -0.1) is 0 Å². The third-order valence-corrected chi connectivity index (χ3v) is 4.48. The Morgan fingerprint density at radius 3 is 3.00 bits per heavy atom. The highest BCUT2D eigenvalue weighted by Crippen LogP contribution is 2.23. The number of likely N-dealkylation sites (tertiary alicyclic amines) is 1. The van der Waals surface area contributed by atoms with Crippen LogP contribution in [0.3, 0.4) is 0 Å². The van der Waals surface area contributed by atoms with E-state index in [0.717, 1.165) is 24.3 Å². The number of β-amino-alcohol motifs (C(OH)–C–C–N with tert-alkyl or cyclic N) is 1. The zero-order valence-electron chi connectivity index (χ0n) is 15.3. The lowest BCUT2D eigenvalue weighted by atomic mass is 9.93. The highest BCUT2D eigenvalue weighted by atomic mass is 16.5. The molecule has 3 rings (SSSR count). The lowest BCUT2D eigenvalue weighted by molar-refractivity contribution is -0.119. The van der Waals surface area contributed by atoms with Gasteiger partial charge in [0.15, 0.2) is 5.82 Å². The van der Waals surface area contributed by atoms with Crippen molar-refractivity contribution in [2.75, 3.05) is 31.6 Å². The molecule has 26 heavy (non-hydrogen) atoms. The van der Waals surface area contributed by atoms with Crippen LogP contribution in [0, 0.1) is 6.92 Å². The molecule has 1 aromatic heterocycles. The Labute approximate surface area is 153 Å². The molecular weight excluding hydrogens is 332 g/mol. The fraction of sp³-hybridized carbons (Fsp3) is 0.474. The van der Waals surface area contributed by atoms with Crippen LogP contribution in [0.5, 0.6) is 5.75 Å². The topological polar surface area (TPSA) is 79.6 Å². The van der Waals surface area contributed by atoms with Gasteiger partial charge < -0.3 is 15.2 Å². The summed E-state index contributed by atoms with van der Waals surface area (Å²) in [6, 6.07) is 9.52. The molecule has 140 valence electrons. The number of carbonyl (C=O) groups is 1. The summed E-state index contributed by atoms with van der Waals surface area (Å²) >= 11 is 0. The number of aryl methyl sites for hydroxylation is 2. The molecule has 0 saturated carbocycles. The van der Waals surface area contributed by atoms with Crippen molar-refractivity contribution in [3.05, 3.63) is 42.1 Å². The first-order valence-electron chi connectivity index (χ1n) is 8.86. The second-order valence-corrected chi connectivity index (χ2v) is 7.07. The number of hydrogen-bond donors (Lipinski definition) is 2. The summed E-state index contributed by atoms with van der Waals surface area (Å²) in [4.78, 5) is 14.2. The van der Waals surface area contributed by atoms with Gasteiger partial charge in [0.1, 0.15) is 18.0 Å². The molecule has 2 N–H and O–H groups in total. The fourth-order valence-electron chi connectivity index (χ4n) is 3.25. The predicted octanol–water partition coefficient (Wildman–Crippen LogP) is 1.57. The number of aromatic nitrogens is 2. The Kier molecular flexibility index (Phi) is 5.58. The van der Waals surface area contributed by atoms with Gasteiger partial charge in [0.25, 0.3) is 0 Å². The van der Waals surface area contributed by atoms with Crippen LogP contribution in [-0.4, -0.2) is 57.5 Å². The SMILES string of the molecule is Cc1cccc(OC[C@@]2(O)CCCN(CC(=O)Nc3ccn(C)n3)C2)c1. The average molecular weight is 358 g/mol. The van der Waals surface area contributed by atoms with E-state index >= 15 is 0 Å². The molecule has 0 spiro atoms. The van der Waals surface area contributed by atoms with Gasteiger partial charge in [-0.2, -0.15) is 5.10 Å². The van der Waals surface area contributed by atoms with E-state index in [0.29, 0.717) is 18.8 Å². The van der Waals surface area contributed by atoms with Gasteiger partial charge in [-0.3, -0.25) is 14.4 Å². The molecule has 7 nitrogen and oxygen atoms in total. The normalized spacial score (nSPS) is 20.7. The molecule has 2 aromatic rings. The van der Waals surface area contributed by atoms with Crippen LogP contribution in [0.2, 0.25) is 0 Å². The molecule has 1 fully saturated rings. The maximum Gasteiger partial charge on any atom is 0.239 e. The van der Waals surface area contributed by atoms with E-state index in [2.05, 4.69) is 10.4 Å². The minimum Gasteiger partial charge on any atom is -0.491 e. The molecule has 1 atom stereocenters. The van der Waals surface area contributed by atoms with Crippen molar-refractivity contribution in [2.24, 2.45) is 7.05 Å². The molecule has 1 saturated heterocycles. The highest BCUT2D eigenvalue weighted by molar-refractivity contribution is 5.91. The summed E-state index contributed by atoms with van der Waals surface area (Å²) in [7, 11) is 1.80. The first kappa shape index (κ1) is 18.4. The van der Waals surface area contributed by atoms with Crippen molar-refractivity contribution in [2.45, 2.75) is 25.4 Å². The van der Waals surface area contributed by atoms with Crippen LogP contribution in [-0.2, 0) is 11.8 Å². The number of hydrogen-bond acceptors (Lipinski definition) is 5. The zero-order valence-corrected chi connectivity index (χ0v) is 15.3. The molecule has 7 heteroatoms. The van der Waals surface area contributed by atoms with E-state index in [1.807, 2.05) is 36.1 Å². The van der Waals surface area contributed by atoms with Crippen LogP contribution in [0.4, 0.5) is 5.82 Å². The minimum absolute atomic E-state index is 0.132. The maximum absolute atomic E-state index is 12.2. The summed E-state index contributed by atoms with van der Waals surface area (Å²) in [5.41, 5.74) is 0.166. The molecule has 0 bridgehead atoms. The van der Waals surface area contributed by atoms with Crippen molar-refractivity contribution in [3.8, 4) is 5.75 Å². The van der Waals surface area contributed by atoms with E-state index < -0.39 is 5.60 Å². The maximum atomic E-state index is 12.2. The lowest BCUT2D eigenvalue weighted by Gasteiger charge is -2.38. The summed E-state index contributed by atoms with van der Waals surface area (Å²) < 4.78 is 7.43. The van der Waals surface area contributed by atoms with E-state index in [4.69, 9.17) is 4.74 Å². The van der Waals surface area contributed by atoms with Gasteiger partial charge in [0.05, 0.1) is 6.54 Å². The van der Waals surface area contributed by atoms with E-state index in [9.17, 15) is 9.90 Å². The third kappa shape index (κ3) is 5.06. The molecule has 0 unspecified atom stereocenters. The molecule has 1 aliphatic rings. The monoisotopic (exact) mass is 358 g/mol. The van der Waals surface area contributed by atoms with Crippen LogP contribution in [0.1, 0.15) is 18.4 Å². The number of benzene rings is 1. The third-order valence-electron chi connectivity index (χ3n) is 4.48. The number of carbonyl (C=O) groups excluding carboxylic acids is 1. The Morgan fingerprint density at radius 2 is 2.27 bits per heavy atom. The van der Waals surface area contributed by atoms with Crippen molar-refractivity contribution < 1.29 is 14.6 Å². The first-order valence-corrected chi connectivity index (χ1v) is 8.86. The molecule has 2 heterocycles. The van der Waals surface area contributed by atoms with Gasteiger partial charge in [0.2, 0.25) is 5.91 Å². The number of ether oxygens (including phenoxy) is 1. The standard InChI is InChI=1S/C19H26N4O3/c1-15-5-3-6-16(11-15)26-14-19(25)8-4-9-23(13-19)12-18(24)20-17-7-10-22(2)21-17/h3,5-7,10-11,25H,4,8-9,12-14H2,1-2H3,(H,20,21,24)/t19-/m1/s1. The lowest BCUT2D eigenvalue weighted by Crippen LogP contribution is -2.53. The summed E-state index contributed by atoms with van der Waals surface area (Å²) in [5, 5.41) is 17.8. The second-order valence-electron chi connectivity index (χ2n) is 7.07.